The number of para-hydroxylation sites is 1. The van der Waals surface area contributed by atoms with E-state index in [4.69, 9.17) is 4.74 Å². The number of ether oxygens (including phenoxy) is 1. The number of anilines is 1. The fourth-order valence-electron chi connectivity index (χ4n) is 3.29. The van der Waals surface area contributed by atoms with Gasteiger partial charge in [-0.3, -0.25) is 9.10 Å². The minimum atomic E-state index is -3.93. The Morgan fingerprint density at radius 3 is 2.24 bits per heavy atom. The van der Waals surface area contributed by atoms with Crippen molar-refractivity contribution in [1.82, 2.24) is 5.32 Å². The average molecular weight is 467 g/mol. The Morgan fingerprint density at radius 1 is 0.879 bits per heavy atom. The molecule has 0 atom stereocenters. The molecule has 0 radical (unpaired) electrons. The van der Waals surface area contributed by atoms with Gasteiger partial charge in [-0.15, -0.1) is 0 Å². The summed E-state index contributed by atoms with van der Waals surface area (Å²) in [7, 11) is -3.93. The van der Waals surface area contributed by atoms with Crippen molar-refractivity contribution < 1.29 is 17.9 Å². The minimum Gasteiger partial charge on any atom is -0.491 e. The molecule has 0 spiro atoms. The average Bonchev–Trinajstić information content (AvgIpc) is 2.78. The van der Waals surface area contributed by atoms with Crippen LogP contribution in [0.5, 0.6) is 5.75 Å². The molecule has 0 aromatic heterocycles. The second-order valence-corrected chi connectivity index (χ2v) is 9.92. The summed E-state index contributed by atoms with van der Waals surface area (Å²) in [5.74, 6) is 0.350. The Labute approximate surface area is 196 Å². The molecule has 0 bridgehead atoms. The number of nitrogens with one attached hydrogen (secondary N) is 1. The summed E-state index contributed by atoms with van der Waals surface area (Å²) in [6.07, 6.45) is 0. The van der Waals surface area contributed by atoms with Gasteiger partial charge in [0.05, 0.1) is 17.1 Å². The summed E-state index contributed by atoms with van der Waals surface area (Å²) in [6, 6.07) is 19.6. The van der Waals surface area contributed by atoms with Crippen molar-refractivity contribution in [3.05, 3.63) is 89.0 Å². The van der Waals surface area contributed by atoms with Crippen LogP contribution in [-0.2, 0) is 14.8 Å². The van der Waals surface area contributed by atoms with E-state index in [1.54, 1.807) is 36.4 Å². The van der Waals surface area contributed by atoms with Crippen molar-refractivity contribution in [3.63, 3.8) is 0 Å². The number of carbonyl (C=O) groups is 1. The molecule has 1 N–H and O–H groups in total. The van der Waals surface area contributed by atoms with E-state index in [2.05, 4.69) is 5.32 Å². The van der Waals surface area contributed by atoms with Crippen LogP contribution < -0.4 is 14.4 Å². The number of sulfonamides is 1. The molecule has 3 rings (SSSR count). The van der Waals surface area contributed by atoms with Crippen molar-refractivity contribution in [1.29, 1.82) is 0 Å². The molecule has 174 valence electrons. The lowest BCUT2D eigenvalue weighted by atomic mass is 10.1. The number of rotatable bonds is 9. The zero-order valence-electron chi connectivity index (χ0n) is 19.5. The topological polar surface area (TPSA) is 75.7 Å². The van der Waals surface area contributed by atoms with Crippen molar-refractivity contribution in [2.45, 2.75) is 32.6 Å². The first-order chi connectivity index (χ1) is 15.7. The Hall–Kier alpha value is -3.32. The van der Waals surface area contributed by atoms with E-state index < -0.39 is 15.9 Å². The zero-order chi connectivity index (χ0) is 24.0. The van der Waals surface area contributed by atoms with Gasteiger partial charge in [-0.05, 0) is 74.7 Å². The molecule has 3 aromatic carbocycles. The Morgan fingerprint density at radius 2 is 1.58 bits per heavy atom. The minimum absolute atomic E-state index is 0.141. The van der Waals surface area contributed by atoms with Gasteiger partial charge in [-0.2, -0.15) is 0 Å². The quantitative estimate of drug-likeness (QED) is 0.477. The van der Waals surface area contributed by atoms with E-state index in [0.717, 1.165) is 32.3 Å². The SMILES string of the molecule is Cc1ccc(S(=O)(=O)N(CC(=O)NCCOc2ccccc2C)c2ccc(C)c(C)c2)cc1. The highest BCUT2D eigenvalue weighted by atomic mass is 32.2. The standard InChI is InChI=1S/C26H30N2O4S/c1-19-9-13-24(14-10-19)33(30,31)28(23-12-11-20(2)22(4)17-23)18-26(29)27-15-16-32-25-8-6-5-7-21(25)3/h5-14,17H,15-16,18H2,1-4H3,(H,27,29). The van der Waals surface area contributed by atoms with Crippen molar-refractivity contribution in [2.24, 2.45) is 0 Å². The number of hydrogen-bond donors (Lipinski definition) is 1. The van der Waals surface area contributed by atoms with Gasteiger partial charge >= 0.3 is 0 Å². The molecule has 0 aliphatic carbocycles. The summed E-state index contributed by atoms with van der Waals surface area (Å²) in [5, 5.41) is 2.76. The fraction of sp³-hybridized carbons (Fsp3) is 0.269. The zero-order valence-corrected chi connectivity index (χ0v) is 20.3. The Bertz CT molecular complexity index is 1220. The third kappa shape index (κ3) is 6.14. The Kier molecular flexibility index (Phi) is 7.76. The number of hydrogen-bond acceptors (Lipinski definition) is 4. The first-order valence-electron chi connectivity index (χ1n) is 10.8. The first-order valence-corrected chi connectivity index (χ1v) is 12.2. The second-order valence-electron chi connectivity index (χ2n) is 8.06. The number of benzene rings is 3. The number of aryl methyl sites for hydroxylation is 4. The van der Waals surface area contributed by atoms with Crippen molar-refractivity contribution in [2.75, 3.05) is 24.0 Å². The van der Waals surface area contributed by atoms with Crippen LogP contribution in [0.15, 0.2) is 71.6 Å². The second kappa shape index (κ2) is 10.5. The number of carbonyl (C=O) groups excluding carboxylic acids is 1. The highest BCUT2D eigenvalue weighted by Crippen LogP contribution is 2.26. The highest BCUT2D eigenvalue weighted by molar-refractivity contribution is 7.92. The van der Waals surface area contributed by atoms with Crippen LogP contribution in [0.2, 0.25) is 0 Å². The lowest BCUT2D eigenvalue weighted by molar-refractivity contribution is -0.119. The molecule has 0 fully saturated rings. The van der Waals surface area contributed by atoms with Crippen LogP contribution in [-0.4, -0.2) is 34.0 Å². The van der Waals surface area contributed by atoms with E-state index in [1.165, 1.54) is 0 Å². The molecular formula is C26H30N2O4S. The maximum absolute atomic E-state index is 13.4. The molecule has 0 aliphatic rings. The predicted octanol–water partition coefficient (Wildman–Crippen LogP) is 4.31. The fourth-order valence-corrected chi connectivity index (χ4v) is 4.70. The predicted molar refractivity (Wildman–Crippen MR) is 131 cm³/mol. The Balaban J connectivity index is 1.75. The van der Waals surface area contributed by atoms with Gasteiger partial charge in [0.25, 0.3) is 10.0 Å². The third-order valence-electron chi connectivity index (χ3n) is 5.45. The van der Waals surface area contributed by atoms with E-state index in [1.807, 2.05) is 58.0 Å². The van der Waals surface area contributed by atoms with Gasteiger partial charge in [-0.1, -0.05) is 42.0 Å². The smallest absolute Gasteiger partial charge is 0.264 e. The monoisotopic (exact) mass is 466 g/mol. The van der Waals surface area contributed by atoms with Gasteiger partial charge in [0.1, 0.15) is 18.9 Å². The molecule has 33 heavy (non-hydrogen) atoms. The first kappa shape index (κ1) is 24.3. The van der Waals surface area contributed by atoms with Gasteiger partial charge in [-0.25, -0.2) is 8.42 Å². The van der Waals surface area contributed by atoms with E-state index in [9.17, 15) is 13.2 Å². The van der Waals surface area contributed by atoms with Crippen molar-refractivity contribution in [3.8, 4) is 5.75 Å². The van der Waals surface area contributed by atoms with Crippen LogP contribution in [0.25, 0.3) is 0 Å². The van der Waals surface area contributed by atoms with E-state index >= 15 is 0 Å². The lowest BCUT2D eigenvalue weighted by Crippen LogP contribution is -2.42. The largest absolute Gasteiger partial charge is 0.491 e. The maximum Gasteiger partial charge on any atom is 0.264 e. The molecule has 0 saturated carbocycles. The third-order valence-corrected chi connectivity index (χ3v) is 7.24. The summed E-state index contributed by atoms with van der Waals surface area (Å²) in [4.78, 5) is 12.9. The van der Waals surface area contributed by atoms with Gasteiger partial charge < -0.3 is 10.1 Å². The molecule has 1 amide bonds. The van der Waals surface area contributed by atoms with Crippen molar-refractivity contribution >= 4 is 21.6 Å². The van der Waals surface area contributed by atoms with Crippen LogP contribution in [0.4, 0.5) is 5.69 Å². The summed E-state index contributed by atoms with van der Waals surface area (Å²) in [6.45, 7) is 7.93. The normalized spacial score (nSPS) is 11.2. The van der Waals surface area contributed by atoms with Gasteiger partial charge in [0.15, 0.2) is 0 Å². The summed E-state index contributed by atoms with van der Waals surface area (Å²) in [5.41, 5.74) is 4.41. The van der Waals surface area contributed by atoms with Gasteiger partial charge in [0.2, 0.25) is 5.91 Å². The molecule has 0 heterocycles. The lowest BCUT2D eigenvalue weighted by Gasteiger charge is -2.25. The summed E-state index contributed by atoms with van der Waals surface area (Å²) >= 11 is 0. The molecule has 0 aliphatic heterocycles. The van der Waals surface area contributed by atoms with E-state index in [0.29, 0.717) is 5.69 Å². The van der Waals surface area contributed by atoms with Crippen LogP contribution in [0, 0.1) is 27.7 Å². The highest BCUT2D eigenvalue weighted by Gasteiger charge is 2.27. The number of amides is 1. The molecule has 6 nitrogen and oxygen atoms in total. The molecule has 0 unspecified atom stereocenters. The molecular weight excluding hydrogens is 436 g/mol. The summed E-state index contributed by atoms with van der Waals surface area (Å²) < 4.78 is 33.8. The number of nitrogens with zero attached hydrogens (tertiary/aromatic N) is 1. The molecule has 3 aromatic rings. The molecule has 7 heteroatoms. The van der Waals surface area contributed by atoms with Crippen LogP contribution in [0.3, 0.4) is 0 Å². The van der Waals surface area contributed by atoms with E-state index in [-0.39, 0.29) is 24.6 Å². The van der Waals surface area contributed by atoms with Gasteiger partial charge in [0, 0.05) is 0 Å². The van der Waals surface area contributed by atoms with Crippen LogP contribution >= 0.6 is 0 Å². The maximum atomic E-state index is 13.4. The van der Waals surface area contributed by atoms with Crippen LogP contribution in [0.1, 0.15) is 22.3 Å². The molecule has 0 saturated heterocycles.